The molecule has 1 rings (SSSR count). The van der Waals surface area contributed by atoms with E-state index in [9.17, 15) is 13.2 Å². The van der Waals surface area contributed by atoms with E-state index in [2.05, 4.69) is 4.90 Å². The highest BCUT2D eigenvalue weighted by molar-refractivity contribution is 7.91. The Morgan fingerprint density at radius 3 is 2.48 bits per heavy atom. The fourth-order valence-corrected chi connectivity index (χ4v) is 3.51. The number of hydrogen-bond acceptors (Lipinski definition) is 6. The summed E-state index contributed by atoms with van der Waals surface area (Å²) in [6.45, 7) is 3.54. The summed E-state index contributed by atoms with van der Waals surface area (Å²) in [7, 11) is -3.19. The number of rotatable bonds is 10. The minimum absolute atomic E-state index is 0.0823. The van der Waals surface area contributed by atoms with Gasteiger partial charge in [0.25, 0.3) is 0 Å². The molecule has 0 spiro atoms. The van der Waals surface area contributed by atoms with Crippen molar-refractivity contribution in [1.82, 2.24) is 4.90 Å². The van der Waals surface area contributed by atoms with Crippen LogP contribution in [0.2, 0.25) is 0 Å². The number of amides is 1. The van der Waals surface area contributed by atoms with E-state index in [0.29, 0.717) is 19.7 Å². The van der Waals surface area contributed by atoms with Gasteiger partial charge in [0, 0.05) is 32.7 Å². The lowest BCUT2D eigenvalue weighted by Gasteiger charge is -2.31. The van der Waals surface area contributed by atoms with Gasteiger partial charge in [-0.2, -0.15) is 0 Å². The Morgan fingerprint density at radius 1 is 1.24 bits per heavy atom. The van der Waals surface area contributed by atoms with E-state index in [1.165, 1.54) is 0 Å². The van der Waals surface area contributed by atoms with Crippen LogP contribution in [0.3, 0.4) is 0 Å². The number of hydrogen-bond donors (Lipinski definition) is 2. The highest BCUT2D eigenvalue weighted by atomic mass is 32.2. The second-order valence-electron chi connectivity index (χ2n) is 5.42. The number of nitrogens with two attached hydrogens (primary N) is 2. The monoisotopic (exact) mass is 321 g/mol. The van der Waals surface area contributed by atoms with Crippen LogP contribution in [0.5, 0.6) is 0 Å². The average Bonchev–Trinajstić information content (AvgIpc) is 2.45. The van der Waals surface area contributed by atoms with Crippen molar-refractivity contribution in [3.8, 4) is 0 Å². The summed E-state index contributed by atoms with van der Waals surface area (Å²) in [4.78, 5) is 12.8. The van der Waals surface area contributed by atoms with E-state index in [1.54, 1.807) is 0 Å². The van der Waals surface area contributed by atoms with Crippen LogP contribution in [0, 0.1) is 0 Å². The molecule has 0 saturated carbocycles. The Balaban J connectivity index is 2.19. The highest BCUT2D eigenvalue weighted by Crippen LogP contribution is 2.14. The first-order chi connectivity index (χ1) is 9.93. The molecule has 124 valence electrons. The maximum atomic E-state index is 11.7. The molecule has 0 aromatic rings. The second-order valence-corrected chi connectivity index (χ2v) is 7.73. The van der Waals surface area contributed by atoms with Crippen molar-refractivity contribution in [1.29, 1.82) is 0 Å². The molecule has 7 nitrogen and oxygen atoms in total. The minimum atomic E-state index is -3.19. The molecule has 1 amide bonds. The molecule has 1 fully saturated rings. The highest BCUT2D eigenvalue weighted by Gasteiger charge is 2.21. The third kappa shape index (κ3) is 8.35. The molecule has 21 heavy (non-hydrogen) atoms. The van der Waals surface area contributed by atoms with Crippen molar-refractivity contribution < 1.29 is 17.9 Å². The van der Waals surface area contributed by atoms with E-state index in [-0.39, 0.29) is 24.0 Å². The van der Waals surface area contributed by atoms with Crippen molar-refractivity contribution in [2.75, 3.05) is 44.3 Å². The van der Waals surface area contributed by atoms with Crippen LogP contribution in [0.25, 0.3) is 0 Å². The Morgan fingerprint density at radius 2 is 1.90 bits per heavy atom. The first-order valence-corrected chi connectivity index (χ1v) is 9.28. The summed E-state index contributed by atoms with van der Waals surface area (Å²) in [5.74, 6) is -0.644. The maximum absolute atomic E-state index is 11.7. The van der Waals surface area contributed by atoms with Gasteiger partial charge in [-0.3, -0.25) is 4.79 Å². The summed E-state index contributed by atoms with van der Waals surface area (Å²) in [6.07, 6.45) is 2.88. The van der Waals surface area contributed by atoms with Crippen LogP contribution in [0.15, 0.2) is 0 Å². The third-order valence-electron chi connectivity index (χ3n) is 3.61. The number of primary amides is 1. The molecule has 8 heteroatoms. The number of sulfone groups is 1. The maximum Gasteiger partial charge on any atom is 0.218 e. The molecule has 1 heterocycles. The molecule has 0 aromatic carbocycles. The molecule has 4 N–H and O–H groups in total. The smallest absolute Gasteiger partial charge is 0.218 e. The Kier molecular flexibility index (Phi) is 8.16. The standard InChI is InChI=1S/C13H27N3O4S/c14-5-1-9-20-12-2-6-16(7-3-12)8-11-21(18,19)10-4-13(15)17/h12H,1-11,14H2,(H2,15,17). The molecule has 0 radical (unpaired) electrons. The second kappa shape index (κ2) is 9.34. The number of carbonyl (C=O) groups is 1. The molecular weight excluding hydrogens is 294 g/mol. The molecule has 0 aromatic heterocycles. The number of likely N-dealkylation sites (tertiary alicyclic amines) is 1. The zero-order valence-electron chi connectivity index (χ0n) is 12.5. The van der Waals surface area contributed by atoms with Gasteiger partial charge in [-0.1, -0.05) is 0 Å². The fourth-order valence-electron chi connectivity index (χ4n) is 2.26. The SMILES string of the molecule is NCCCOC1CCN(CCS(=O)(=O)CCC(N)=O)CC1. The minimum Gasteiger partial charge on any atom is -0.378 e. The van der Waals surface area contributed by atoms with Crippen LogP contribution < -0.4 is 11.5 Å². The van der Waals surface area contributed by atoms with Gasteiger partial charge >= 0.3 is 0 Å². The molecule has 0 atom stereocenters. The van der Waals surface area contributed by atoms with E-state index in [1.807, 2.05) is 0 Å². The van der Waals surface area contributed by atoms with Crippen LogP contribution in [0.4, 0.5) is 0 Å². The number of nitrogens with zero attached hydrogens (tertiary/aromatic N) is 1. The lowest BCUT2D eigenvalue weighted by molar-refractivity contribution is -0.117. The first kappa shape index (κ1) is 18.3. The summed E-state index contributed by atoms with van der Waals surface area (Å²) in [6, 6.07) is 0. The quantitative estimate of drug-likeness (QED) is 0.504. The molecular formula is C13H27N3O4S. The van der Waals surface area contributed by atoms with Crippen molar-refractivity contribution >= 4 is 15.7 Å². The van der Waals surface area contributed by atoms with Crippen molar-refractivity contribution in [2.24, 2.45) is 11.5 Å². The van der Waals surface area contributed by atoms with Crippen LogP contribution in [-0.2, 0) is 19.4 Å². The van der Waals surface area contributed by atoms with Gasteiger partial charge in [-0.05, 0) is 25.8 Å². The molecule has 1 aliphatic rings. The Labute approximate surface area is 126 Å². The summed E-state index contributed by atoms with van der Waals surface area (Å²) in [5, 5.41) is 0. The first-order valence-electron chi connectivity index (χ1n) is 7.45. The predicted octanol–water partition coefficient (Wildman–Crippen LogP) is -0.894. The van der Waals surface area contributed by atoms with Crippen LogP contribution >= 0.6 is 0 Å². The fraction of sp³-hybridized carbons (Fsp3) is 0.923. The number of ether oxygens (including phenoxy) is 1. The zero-order chi connectivity index (χ0) is 15.7. The Hall–Kier alpha value is -0.700. The molecule has 0 aliphatic carbocycles. The van der Waals surface area contributed by atoms with Crippen LogP contribution in [0.1, 0.15) is 25.7 Å². The summed E-state index contributed by atoms with van der Waals surface area (Å²) < 4.78 is 29.2. The van der Waals surface area contributed by atoms with Gasteiger partial charge in [0.2, 0.25) is 5.91 Å². The van der Waals surface area contributed by atoms with Gasteiger partial charge in [0.1, 0.15) is 0 Å². The molecule has 1 saturated heterocycles. The average molecular weight is 321 g/mol. The van der Waals surface area contributed by atoms with Gasteiger partial charge in [-0.25, -0.2) is 8.42 Å². The third-order valence-corrected chi connectivity index (χ3v) is 5.25. The van der Waals surface area contributed by atoms with E-state index in [0.717, 1.165) is 32.4 Å². The lowest BCUT2D eigenvalue weighted by Crippen LogP contribution is -2.40. The van der Waals surface area contributed by atoms with E-state index < -0.39 is 15.7 Å². The van der Waals surface area contributed by atoms with Crippen molar-refractivity contribution in [3.63, 3.8) is 0 Å². The topological polar surface area (TPSA) is 116 Å². The van der Waals surface area contributed by atoms with Gasteiger partial charge in [0.05, 0.1) is 17.6 Å². The summed E-state index contributed by atoms with van der Waals surface area (Å²) in [5.41, 5.74) is 10.4. The van der Waals surface area contributed by atoms with Gasteiger partial charge in [0.15, 0.2) is 9.84 Å². The van der Waals surface area contributed by atoms with Gasteiger partial charge < -0.3 is 21.1 Å². The molecule has 0 bridgehead atoms. The molecule has 1 aliphatic heterocycles. The van der Waals surface area contributed by atoms with E-state index >= 15 is 0 Å². The number of piperidine rings is 1. The Bertz CT molecular complexity index is 406. The van der Waals surface area contributed by atoms with E-state index in [4.69, 9.17) is 16.2 Å². The van der Waals surface area contributed by atoms with Gasteiger partial charge in [-0.15, -0.1) is 0 Å². The normalized spacial score (nSPS) is 18.0. The largest absolute Gasteiger partial charge is 0.378 e. The zero-order valence-corrected chi connectivity index (χ0v) is 13.3. The molecule has 0 unspecified atom stereocenters. The van der Waals surface area contributed by atoms with Crippen molar-refractivity contribution in [2.45, 2.75) is 31.8 Å². The number of carbonyl (C=O) groups excluding carboxylic acids is 1. The lowest BCUT2D eigenvalue weighted by atomic mass is 10.1. The van der Waals surface area contributed by atoms with Crippen LogP contribution in [-0.4, -0.2) is 69.6 Å². The summed E-state index contributed by atoms with van der Waals surface area (Å²) >= 11 is 0. The van der Waals surface area contributed by atoms with Crippen molar-refractivity contribution in [3.05, 3.63) is 0 Å². The predicted molar refractivity (Wildman–Crippen MR) is 81.6 cm³/mol.